The van der Waals surface area contributed by atoms with Crippen LogP contribution in [0.2, 0.25) is 0 Å². The zero-order chi connectivity index (χ0) is 15.5. The van der Waals surface area contributed by atoms with E-state index in [0.29, 0.717) is 18.1 Å². The SMILES string of the molecule is CC/C=C\C[C@H]1C(=O)CC[C@@H]1CCCCCCC(=O)OC. The van der Waals surface area contributed by atoms with Crippen molar-refractivity contribution in [3.8, 4) is 0 Å². The zero-order valence-electron chi connectivity index (χ0n) is 13.6. The Morgan fingerprint density at radius 1 is 1.24 bits per heavy atom. The number of esters is 1. The van der Waals surface area contributed by atoms with Gasteiger partial charge in [-0.2, -0.15) is 0 Å². The summed E-state index contributed by atoms with van der Waals surface area (Å²) in [5.41, 5.74) is 0. The first-order chi connectivity index (χ1) is 10.2. The normalized spacial score (nSPS) is 22.1. The standard InChI is InChI=1S/C18H30O3/c1-3-4-7-11-16-15(13-14-17(16)19)10-8-5-6-9-12-18(20)21-2/h4,7,15-16H,3,5-6,8-14H2,1-2H3/b7-4-/t15-,16+/m0/s1. The van der Waals surface area contributed by atoms with E-state index in [4.69, 9.17) is 0 Å². The number of carbonyl (C=O) groups excluding carboxylic acids is 2. The average Bonchev–Trinajstić information content (AvgIpc) is 2.83. The van der Waals surface area contributed by atoms with Gasteiger partial charge in [-0.25, -0.2) is 0 Å². The minimum atomic E-state index is -0.112. The van der Waals surface area contributed by atoms with Gasteiger partial charge in [0.1, 0.15) is 5.78 Å². The van der Waals surface area contributed by atoms with Crippen LogP contribution in [-0.4, -0.2) is 18.9 Å². The predicted octanol–water partition coefficient (Wildman–Crippen LogP) is 4.45. The molecule has 0 amide bonds. The fourth-order valence-electron chi connectivity index (χ4n) is 3.19. The molecule has 0 unspecified atom stereocenters. The van der Waals surface area contributed by atoms with E-state index in [0.717, 1.165) is 51.4 Å². The summed E-state index contributed by atoms with van der Waals surface area (Å²) in [5, 5.41) is 0. The maximum absolute atomic E-state index is 11.9. The monoisotopic (exact) mass is 294 g/mol. The van der Waals surface area contributed by atoms with Crippen molar-refractivity contribution in [2.24, 2.45) is 11.8 Å². The molecule has 3 nitrogen and oxygen atoms in total. The number of ketones is 1. The molecule has 0 saturated heterocycles. The van der Waals surface area contributed by atoms with Crippen molar-refractivity contribution in [1.29, 1.82) is 0 Å². The Balaban J connectivity index is 2.16. The van der Waals surface area contributed by atoms with Gasteiger partial charge in [0.25, 0.3) is 0 Å². The number of methoxy groups -OCH3 is 1. The van der Waals surface area contributed by atoms with Gasteiger partial charge in [0, 0.05) is 18.8 Å². The lowest BCUT2D eigenvalue weighted by atomic mass is 9.87. The molecule has 1 fully saturated rings. The van der Waals surface area contributed by atoms with E-state index < -0.39 is 0 Å². The van der Waals surface area contributed by atoms with Crippen LogP contribution in [0.3, 0.4) is 0 Å². The van der Waals surface area contributed by atoms with E-state index in [1.54, 1.807) is 0 Å². The summed E-state index contributed by atoms with van der Waals surface area (Å²) in [7, 11) is 1.44. The first-order valence-corrected chi connectivity index (χ1v) is 8.43. The van der Waals surface area contributed by atoms with E-state index in [2.05, 4.69) is 23.8 Å². The van der Waals surface area contributed by atoms with Crippen LogP contribution in [0.25, 0.3) is 0 Å². The van der Waals surface area contributed by atoms with Gasteiger partial charge in [0.05, 0.1) is 7.11 Å². The van der Waals surface area contributed by atoms with Gasteiger partial charge in [-0.3, -0.25) is 9.59 Å². The molecule has 2 atom stereocenters. The van der Waals surface area contributed by atoms with Crippen LogP contribution in [0.1, 0.15) is 71.1 Å². The fraction of sp³-hybridized carbons (Fsp3) is 0.778. The Morgan fingerprint density at radius 3 is 2.71 bits per heavy atom. The second-order valence-corrected chi connectivity index (χ2v) is 6.02. The molecule has 0 spiro atoms. The van der Waals surface area contributed by atoms with Crippen molar-refractivity contribution >= 4 is 11.8 Å². The Bertz CT molecular complexity index is 346. The Kier molecular flexibility index (Phi) is 9.04. The molecule has 120 valence electrons. The first kappa shape index (κ1) is 17.9. The van der Waals surface area contributed by atoms with Crippen molar-refractivity contribution < 1.29 is 14.3 Å². The Hall–Kier alpha value is -1.12. The lowest BCUT2D eigenvalue weighted by Crippen LogP contribution is -2.14. The molecule has 0 aliphatic heterocycles. The highest BCUT2D eigenvalue weighted by atomic mass is 16.5. The van der Waals surface area contributed by atoms with Crippen LogP contribution < -0.4 is 0 Å². The topological polar surface area (TPSA) is 43.4 Å². The van der Waals surface area contributed by atoms with Crippen molar-refractivity contribution in [3.63, 3.8) is 0 Å². The smallest absolute Gasteiger partial charge is 0.305 e. The second kappa shape index (κ2) is 10.6. The van der Waals surface area contributed by atoms with Crippen LogP contribution in [0.15, 0.2) is 12.2 Å². The highest BCUT2D eigenvalue weighted by Gasteiger charge is 2.32. The van der Waals surface area contributed by atoms with Crippen molar-refractivity contribution in [2.45, 2.75) is 71.1 Å². The van der Waals surface area contributed by atoms with Gasteiger partial charge in [-0.1, -0.05) is 38.3 Å². The van der Waals surface area contributed by atoms with Gasteiger partial charge < -0.3 is 4.74 Å². The van der Waals surface area contributed by atoms with E-state index in [1.807, 2.05) is 0 Å². The molecule has 1 rings (SSSR count). The molecule has 0 radical (unpaired) electrons. The summed E-state index contributed by atoms with van der Waals surface area (Å²) in [6.07, 6.45) is 14.2. The van der Waals surface area contributed by atoms with Gasteiger partial charge in [0.15, 0.2) is 0 Å². The Morgan fingerprint density at radius 2 is 2.00 bits per heavy atom. The number of hydrogen-bond donors (Lipinski definition) is 0. The highest BCUT2D eigenvalue weighted by molar-refractivity contribution is 5.83. The van der Waals surface area contributed by atoms with E-state index in [-0.39, 0.29) is 11.9 Å². The summed E-state index contributed by atoms with van der Waals surface area (Å²) < 4.78 is 4.63. The minimum Gasteiger partial charge on any atom is -0.469 e. The number of ether oxygens (including phenoxy) is 1. The molecule has 0 heterocycles. The maximum Gasteiger partial charge on any atom is 0.305 e. The maximum atomic E-state index is 11.9. The van der Waals surface area contributed by atoms with Gasteiger partial charge in [-0.05, 0) is 38.0 Å². The molecule has 0 bridgehead atoms. The van der Waals surface area contributed by atoms with Crippen LogP contribution >= 0.6 is 0 Å². The van der Waals surface area contributed by atoms with Crippen LogP contribution in [0.5, 0.6) is 0 Å². The summed E-state index contributed by atoms with van der Waals surface area (Å²) >= 11 is 0. The molecule has 0 aromatic carbocycles. The fourth-order valence-corrected chi connectivity index (χ4v) is 3.19. The molecule has 1 saturated carbocycles. The largest absolute Gasteiger partial charge is 0.469 e. The first-order valence-electron chi connectivity index (χ1n) is 8.43. The summed E-state index contributed by atoms with van der Waals surface area (Å²) in [4.78, 5) is 22.9. The molecule has 1 aliphatic carbocycles. The lowest BCUT2D eigenvalue weighted by Gasteiger charge is -2.16. The van der Waals surface area contributed by atoms with Crippen molar-refractivity contribution in [3.05, 3.63) is 12.2 Å². The van der Waals surface area contributed by atoms with Gasteiger partial charge in [-0.15, -0.1) is 0 Å². The molecule has 0 aromatic rings. The molecule has 3 heteroatoms. The van der Waals surface area contributed by atoms with Crippen LogP contribution in [0, 0.1) is 11.8 Å². The third-order valence-electron chi connectivity index (χ3n) is 4.47. The highest BCUT2D eigenvalue weighted by Crippen LogP contribution is 2.35. The van der Waals surface area contributed by atoms with Crippen LogP contribution in [-0.2, 0) is 14.3 Å². The minimum absolute atomic E-state index is 0.112. The summed E-state index contributed by atoms with van der Waals surface area (Å²) in [6.45, 7) is 2.12. The molecular weight excluding hydrogens is 264 g/mol. The van der Waals surface area contributed by atoms with Crippen LogP contribution in [0.4, 0.5) is 0 Å². The van der Waals surface area contributed by atoms with E-state index in [9.17, 15) is 9.59 Å². The Labute approximate surface area is 129 Å². The predicted molar refractivity (Wildman–Crippen MR) is 85.0 cm³/mol. The quantitative estimate of drug-likeness (QED) is 0.339. The number of allylic oxidation sites excluding steroid dienone is 2. The molecule has 0 aromatic heterocycles. The van der Waals surface area contributed by atoms with Gasteiger partial charge >= 0.3 is 5.97 Å². The zero-order valence-corrected chi connectivity index (χ0v) is 13.6. The third-order valence-corrected chi connectivity index (χ3v) is 4.47. The molecular formula is C18H30O3. The van der Waals surface area contributed by atoms with E-state index >= 15 is 0 Å². The number of rotatable bonds is 10. The third kappa shape index (κ3) is 6.92. The lowest BCUT2D eigenvalue weighted by molar-refractivity contribution is -0.140. The van der Waals surface area contributed by atoms with Crippen molar-refractivity contribution in [2.75, 3.05) is 7.11 Å². The van der Waals surface area contributed by atoms with Crippen molar-refractivity contribution in [1.82, 2.24) is 0 Å². The van der Waals surface area contributed by atoms with Gasteiger partial charge in [0.2, 0.25) is 0 Å². The number of unbranched alkanes of at least 4 members (excludes halogenated alkanes) is 3. The second-order valence-electron chi connectivity index (χ2n) is 6.02. The number of carbonyl (C=O) groups is 2. The average molecular weight is 294 g/mol. The molecule has 1 aliphatic rings. The number of Topliss-reactive ketones (excluding diaryl/α,β-unsaturated/α-hetero) is 1. The summed E-state index contributed by atoms with van der Waals surface area (Å²) in [6, 6.07) is 0. The number of hydrogen-bond acceptors (Lipinski definition) is 3. The molecule has 21 heavy (non-hydrogen) atoms. The molecule has 0 N–H and O–H groups in total. The summed E-state index contributed by atoms with van der Waals surface area (Å²) in [5.74, 6) is 1.20. The van der Waals surface area contributed by atoms with E-state index in [1.165, 1.54) is 13.5 Å².